The third-order valence-corrected chi connectivity index (χ3v) is 4.76. The van der Waals surface area contributed by atoms with Gasteiger partial charge in [0.05, 0.1) is 5.56 Å². The fraction of sp³-hybridized carbons (Fsp3) is 0.421. The Kier molecular flexibility index (Phi) is 5.81. The smallest absolute Gasteiger partial charge is 0.416 e. The normalized spacial score (nSPS) is 15.9. The second kappa shape index (κ2) is 8.12. The summed E-state index contributed by atoms with van der Waals surface area (Å²) in [6.07, 6.45) is 2.36. The van der Waals surface area contributed by atoms with Gasteiger partial charge in [-0.15, -0.1) is 0 Å². The molecule has 1 aliphatic rings. The molecule has 0 aliphatic heterocycles. The summed E-state index contributed by atoms with van der Waals surface area (Å²) < 4.78 is 52.9. The van der Waals surface area contributed by atoms with Gasteiger partial charge in [-0.25, -0.2) is 19.2 Å². The van der Waals surface area contributed by atoms with E-state index in [1.165, 1.54) is 0 Å². The van der Waals surface area contributed by atoms with Crippen LogP contribution >= 0.6 is 0 Å². The van der Waals surface area contributed by atoms with Crippen molar-refractivity contribution in [2.75, 3.05) is 5.32 Å². The predicted octanol–water partition coefficient (Wildman–Crippen LogP) is 5.13. The summed E-state index contributed by atoms with van der Waals surface area (Å²) >= 11 is 0. The van der Waals surface area contributed by atoms with Crippen LogP contribution in [0.4, 0.5) is 23.4 Å². The van der Waals surface area contributed by atoms with Gasteiger partial charge in [-0.1, -0.05) is 31.7 Å². The Hall–Kier alpha value is -2.71. The number of nitrogens with zero attached hydrogens (tertiary/aromatic N) is 2. The number of carboxylic acids is 1. The molecule has 0 unspecified atom stereocenters. The monoisotopic (exact) mass is 397 g/mol. The number of aromatic carboxylic acids is 1. The number of carboxylic acid groups (broad SMARTS) is 1. The molecular formula is C19H19F4N3O2. The van der Waals surface area contributed by atoms with Crippen molar-refractivity contribution in [3.63, 3.8) is 0 Å². The number of carbonyl (C=O) groups is 1. The van der Waals surface area contributed by atoms with Crippen molar-refractivity contribution in [3.05, 3.63) is 41.6 Å². The maximum absolute atomic E-state index is 14.4. The zero-order valence-corrected chi connectivity index (χ0v) is 14.9. The fourth-order valence-corrected chi connectivity index (χ4v) is 3.32. The van der Waals surface area contributed by atoms with Gasteiger partial charge in [0.15, 0.2) is 0 Å². The molecule has 28 heavy (non-hydrogen) atoms. The van der Waals surface area contributed by atoms with E-state index in [2.05, 4.69) is 15.3 Å². The van der Waals surface area contributed by atoms with E-state index in [0.29, 0.717) is 6.07 Å². The van der Waals surface area contributed by atoms with Crippen molar-refractivity contribution in [3.8, 4) is 11.1 Å². The minimum Gasteiger partial charge on any atom is -0.475 e. The molecule has 1 aromatic heterocycles. The lowest BCUT2D eigenvalue weighted by atomic mass is 10.0. The highest BCUT2D eigenvalue weighted by Crippen LogP contribution is 2.35. The van der Waals surface area contributed by atoms with Gasteiger partial charge in [-0.3, -0.25) is 0 Å². The molecule has 2 aromatic rings. The third-order valence-electron chi connectivity index (χ3n) is 4.76. The standard InChI is InChI=1S/C19H19F4N3O2/c20-15-9-11(19(21,22)23)7-8-13(15)14-10-24-17(18(27)28)26-16(14)25-12-5-3-1-2-4-6-12/h7-10,12H,1-6H2,(H,27,28)(H,24,25,26). The molecule has 0 spiro atoms. The highest BCUT2D eigenvalue weighted by Gasteiger charge is 2.31. The molecule has 0 saturated heterocycles. The molecule has 0 amide bonds. The topological polar surface area (TPSA) is 75.1 Å². The van der Waals surface area contributed by atoms with Gasteiger partial charge in [0.2, 0.25) is 5.82 Å². The van der Waals surface area contributed by atoms with Crippen LogP contribution in [0.1, 0.15) is 54.7 Å². The van der Waals surface area contributed by atoms with Crippen LogP contribution in [0.2, 0.25) is 0 Å². The van der Waals surface area contributed by atoms with E-state index in [9.17, 15) is 22.4 Å². The fourth-order valence-electron chi connectivity index (χ4n) is 3.32. The predicted molar refractivity (Wildman–Crippen MR) is 94.5 cm³/mol. The summed E-state index contributed by atoms with van der Waals surface area (Å²) in [7, 11) is 0. The molecule has 5 nitrogen and oxygen atoms in total. The van der Waals surface area contributed by atoms with E-state index >= 15 is 0 Å². The van der Waals surface area contributed by atoms with E-state index in [1.807, 2.05) is 0 Å². The lowest BCUT2D eigenvalue weighted by molar-refractivity contribution is -0.137. The minimum absolute atomic E-state index is 0.0234. The number of aromatic nitrogens is 2. The van der Waals surface area contributed by atoms with Gasteiger partial charge >= 0.3 is 12.1 Å². The van der Waals surface area contributed by atoms with Crippen LogP contribution in [0.3, 0.4) is 0 Å². The highest BCUT2D eigenvalue weighted by atomic mass is 19.4. The minimum atomic E-state index is -4.66. The number of hydrogen-bond acceptors (Lipinski definition) is 4. The number of hydrogen-bond donors (Lipinski definition) is 2. The van der Waals surface area contributed by atoms with Crippen LogP contribution < -0.4 is 5.32 Å². The van der Waals surface area contributed by atoms with Crippen LogP contribution in [0, 0.1) is 5.82 Å². The second-order valence-electron chi connectivity index (χ2n) is 6.79. The van der Waals surface area contributed by atoms with Gasteiger partial charge in [0.1, 0.15) is 11.6 Å². The highest BCUT2D eigenvalue weighted by molar-refractivity contribution is 5.85. The molecule has 1 aliphatic carbocycles. The summed E-state index contributed by atoms with van der Waals surface area (Å²) in [4.78, 5) is 18.9. The molecule has 9 heteroatoms. The van der Waals surface area contributed by atoms with E-state index in [0.717, 1.165) is 56.9 Å². The first-order valence-electron chi connectivity index (χ1n) is 8.99. The van der Waals surface area contributed by atoms with E-state index in [1.54, 1.807) is 0 Å². The zero-order valence-electron chi connectivity index (χ0n) is 14.9. The first-order valence-corrected chi connectivity index (χ1v) is 8.99. The molecule has 0 atom stereocenters. The molecule has 0 radical (unpaired) electrons. The van der Waals surface area contributed by atoms with Crippen molar-refractivity contribution in [2.24, 2.45) is 0 Å². The quantitative estimate of drug-likeness (QED) is 0.552. The van der Waals surface area contributed by atoms with Crippen molar-refractivity contribution in [1.29, 1.82) is 0 Å². The molecule has 1 heterocycles. The van der Waals surface area contributed by atoms with Gasteiger partial charge in [0, 0.05) is 23.4 Å². The SMILES string of the molecule is O=C(O)c1ncc(-c2ccc(C(F)(F)F)cc2F)c(NC2CCCCCC2)n1. The number of anilines is 1. The maximum atomic E-state index is 14.4. The summed E-state index contributed by atoms with van der Waals surface area (Å²) in [6.45, 7) is 0. The molecule has 3 rings (SSSR count). The second-order valence-corrected chi connectivity index (χ2v) is 6.79. The Bertz CT molecular complexity index is 863. The lowest BCUT2D eigenvalue weighted by Crippen LogP contribution is -2.21. The van der Waals surface area contributed by atoms with Crippen molar-refractivity contribution in [2.45, 2.75) is 50.7 Å². The first-order chi connectivity index (χ1) is 13.3. The van der Waals surface area contributed by atoms with E-state index in [-0.39, 0.29) is 23.0 Å². The van der Waals surface area contributed by atoms with Gasteiger partial charge < -0.3 is 10.4 Å². The molecule has 1 aromatic carbocycles. The number of benzene rings is 1. The number of halogens is 4. The average molecular weight is 397 g/mol. The number of alkyl halides is 3. The third kappa shape index (κ3) is 4.58. The van der Waals surface area contributed by atoms with Crippen molar-refractivity contribution < 1.29 is 27.5 Å². The number of nitrogens with one attached hydrogen (secondary N) is 1. The first kappa shape index (κ1) is 20.0. The summed E-state index contributed by atoms with van der Waals surface area (Å²) in [5.41, 5.74) is -1.10. The Morgan fingerprint density at radius 1 is 1.11 bits per heavy atom. The molecule has 150 valence electrons. The molecular weight excluding hydrogens is 378 g/mol. The van der Waals surface area contributed by atoms with Crippen LogP contribution in [0.5, 0.6) is 0 Å². The van der Waals surface area contributed by atoms with Crippen molar-refractivity contribution in [1.82, 2.24) is 9.97 Å². The van der Waals surface area contributed by atoms with E-state index < -0.39 is 29.4 Å². The zero-order chi connectivity index (χ0) is 20.3. The molecule has 0 bridgehead atoms. The summed E-state index contributed by atoms with van der Waals surface area (Å²) in [6, 6.07) is 2.22. The Labute approximate surface area is 158 Å². The molecule has 1 saturated carbocycles. The lowest BCUT2D eigenvalue weighted by Gasteiger charge is -2.20. The number of rotatable bonds is 4. The maximum Gasteiger partial charge on any atom is 0.416 e. The van der Waals surface area contributed by atoms with Crippen LogP contribution in [0.15, 0.2) is 24.4 Å². The Morgan fingerprint density at radius 2 is 1.79 bits per heavy atom. The summed E-state index contributed by atoms with van der Waals surface area (Å²) in [5, 5.41) is 12.3. The summed E-state index contributed by atoms with van der Waals surface area (Å²) in [5.74, 6) is -2.78. The van der Waals surface area contributed by atoms with Crippen LogP contribution in [-0.2, 0) is 6.18 Å². The van der Waals surface area contributed by atoms with Gasteiger partial charge in [-0.2, -0.15) is 13.2 Å². The molecule has 1 fully saturated rings. The Morgan fingerprint density at radius 3 is 2.36 bits per heavy atom. The van der Waals surface area contributed by atoms with Gasteiger partial charge in [-0.05, 0) is 25.0 Å². The largest absolute Gasteiger partial charge is 0.475 e. The van der Waals surface area contributed by atoms with Gasteiger partial charge in [0.25, 0.3) is 0 Å². The Balaban J connectivity index is 2.01. The van der Waals surface area contributed by atoms with Crippen LogP contribution in [-0.4, -0.2) is 27.1 Å². The van der Waals surface area contributed by atoms with Crippen molar-refractivity contribution >= 4 is 11.8 Å². The molecule has 2 N–H and O–H groups in total. The van der Waals surface area contributed by atoms with Crippen LogP contribution in [0.25, 0.3) is 11.1 Å². The average Bonchev–Trinajstić information content (AvgIpc) is 2.90. The van der Waals surface area contributed by atoms with E-state index in [4.69, 9.17) is 5.11 Å².